The van der Waals surface area contributed by atoms with Gasteiger partial charge in [0.1, 0.15) is 0 Å². The molecule has 1 aliphatic rings. The van der Waals surface area contributed by atoms with Gasteiger partial charge in [-0.15, -0.1) is 0 Å². The van der Waals surface area contributed by atoms with Crippen molar-refractivity contribution >= 4 is 6.09 Å². The zero-order valence-corrected chi connectivity index (χ0v) is 8.01. The molecule has 4 nitrogen and oxygen atoms in total. The minimum Gasteiger partial charge on any atom is -0.450 e. The molecule has 0 unspecified atom stereocenters. The van der Waals surface area contributed by atoms with Crippen LogP contribution in [0.25, 0.3) is 0 Å². The van der Waals surface area contributed by atoms with Crippen LogP contribution in [0.5, 0.6) is 0 Å². The fourth-order valence-corrected chi connectivity index (χ4v) is 1.58. The lowest BCUT2D eigenvalue weighted by atomic mass is 9.92. The first-order chi connectivity index (χ1) is 6.22. The molecule has 13 heavy (non-hydrogen) atoms. The summed E-state index contributed by atoms with van der Waals surface area (Å²) in [7, 11) is 0. The predicted molar refractivity (Wildman–Crippen MR) is 49.3 cm³/mol. The Morgan fingerprint density at radius 1 is 1.46 bits per heavy atom. The van der Waals surface area contributed by atoms with E-state index >= 15 is 0 Å². The first kappa shape index (κ1) is 10.3. The zero-order valence-electron chi connectivity index (χ0n) is 8.01. The topological polar surface area (TPSA) is 62.1 Å². The summed E-state index contributed by atoms with van der Waals surface area (Å²) in [6.07, 6.45) is 3.27. The molecule has 1 rings (SSSR count). The Hall–Kier alpha value is -0.770. The van der Waals surface area contributed by atoms with E-state index in [-0.39, 0.29) is 18.2 Å². The number of nitrogens with one attached hydrogen (secondary N) is 2. The third-order valence-corrected chi connectivity index (χ3v) is 2.32. The van der Waals surface area contributed by atoms with E-state index in [0.29, 0.717) is 6.61 Å². The average molecular weight is 185 g/mol. The van der Waals surface area contributed by atoms with Gasteiger partial charge in [-0.3, -0.25) is 5.73 Å². The molecule has 75 valence electrons. The first-order valence-electron chi connectivity index (χ1n) is 4.86. The second-order valence-electron chi connectivity index (χ2n) is 3.41. The molecule has 1 amide bonds. The average Bonchev–Trinajstić information content (AvgIpc) is 2.09. The normalized spacial score (nSPS) is 28.2. The molecule has 1 aliphatic carbocycles. The summed E-state index contributed by atoms with van der Waals surface area (Å²) in [6, 6.07) is 0.292. The minimum absolute atomic E-state index is 0.0697. The van der Waals surface area contributed by atoms with Crippen LogP contribution in [-0.2, 0) is 4.74 Å². The van der Waals surface area contributed by atoms with Crippen LogP contribution < -0.4 is 11.1 Å². The summed E-state index contributed by atoms with van der Waals surface area (Å²) in [6.45, 7) is 2.21. The van der Waals surface area contributed by atoms with Gasteiger partial charge in [-0.05, 0) is 32.6 Å². The van der Waals surface area contributed by atoms with Crippen LogP contribution >= 0.6 is 0 Å². The number of amides is 1. The highest BCUT2D eigenvalue weighted by atomic mass is 16.5. The molecule has 0 aliphatic heterocycles. The van der Waals surface area contributed by atoms with Crippen LogP contribution in [-0.4, -0.2) is 24.8 Å². The Kier molecular flexibility index (Phi) is 4.02. The fraction of sp³-hybridized carbons (Fsp3) is 0.889. The number of hydrogen-bond donors (Lipinski definition) is 1. The van der Waals surface area contributed by atoms with Gasteiger partial charge in [0, 0.05) is 12.1 Å². The maximum Gasteiger partial charge on any atom is 0.407 e. The van der Waals surface area contributed by atoms with Gasteiger partial charge in [0.2, 0.25) is 0 Å². The van der Waals surface area contributed by atoms with E-state index in [2.05, 4.69) is 5.32 Å². The highest BCUT2D eigenvalue weighted by Crippen LogP contribution is 2.17. The SMILES string of the molecule is CCOC(=O)NC1CCC([NH])CC1. The van der Waals surface area contributed by atoms with E-state index in [1.54, 1.807) is 6.92 Å². The lowest BCUT2D eigenvalue weighted by Gasteiger charge is -2.25. The summed E-state index contributed by atoms with van der Waals surface area (Å²) in [5, 5.41) is 2.80. The Morgan fingerprint density at radius 3 is 2.62 bits per heavy atom. The van der Waals surface area contributed by atoms with Gasteiger partial charge in [-0.1, -0.05) is 0 Å². The number of carbonyl (C=O) groups is 1. The molecule has 0 aromatic heterocycles. The summed E-state index contributed by atoms with van der Waals surface area (Å²) in [5.74, 6) is 0. The van der Waals surface area contributed by atoms with E-state index < -0.39 is 0 Å². The third kappa shape index (κ3) is 3.63. The molecule has 0 saturated heterocycles. The van der Waals surface area contributed by atoms with Gasteiger partial charge in [0.25, 0.3) is 0 Å². The lowest BCUT2D eigenvalue weighted by molar-refractivity contribution is 0.144. The quantitative estimate of drug-likeness (QED) is 0.705. The van der Waals surface area contributed by atoms with Crippen LogP contribution in [0, 0.1) is 0 Å². The molecule has 2 N–H and O–H groups in total. The van der Waals surface area contributed by atoms with Crippen molar-refractivity contribution in [3.8, 4) is 0 Å². The summed E-state index contributed by atoms with van der Waals surface area (Å²) in [4.78, 5) is 11.0. The predicted octanol–water partition coefficient (Wildman–Crippen LogP) is 1.33. The van der Waals surface area contributed by atoms with Crippen molar-refractivity contribution in [2.45, 2.75) is 44.7 Å². The molecule has 0 atom stereocenters. The Morgan fingerprint density at radius 2 is 2.08 bits per heavy atom. The van der Waals surface area contributed by atoms with Crippen molar-refractivity contribution in [1.29, 1.82) is 0 Å². The Balaban J connectivity index is 2.18. The highest BCUT2D eigenvalue weighted by Gasteiger charge is 2.20. The van der Waals surface area contributed by atoms with Crippen molar-refractivity contribution in [3.05, 3.63) is 0 Å². The minimum atomic E-state index is -0.323. The largest absolute Gasteiger partial charge is 0.450 e. The molecule has 4 heteroatoms. The fourth-order valence-electron chi connectivity index (χ4n) is 1.58. The number of hydrogen-bond acceptors (Lipinski definition) is 2. The monoisotopic (exact) mass is 185 g/mol. The second-order valence-corrected chi connectivity index (χ2v) is 3.41. The van der Waals surface area contributed by atoms with E-state index in [9.17, 15) is 4.79 Å². The number of alkyl carbamates (subject to hydrolysis) is 1. The van der Waals surface area contributed by atoms with Crippen molar-refractivity contribution in [1.82, 2.24) is 11.1 Å². The molecule has 0 bridgehead atoms. The Labute approximate surface area is 78.8 Å². The molecule has 0 heterocycles. The van der Waals surface area contributed by atoms with Crippen LogP contribution in [0.2, 0.25) is 0 Å². The molecule has 1 saturated carbocycles. The molecule has 1 radical (unpaired) electrons. The Bertz CT molecular complexity index is 165. The third-order valence-electron chi connectivity index (χ3n) is 2.32. The van der Waals surface area contributed by atoms with Gasteiger partial charge in [0.15, 0.2) is 0 Å². The summed E-state index contributed by atoms with van der Waals surface area (Å²) in [5.41, 5.74) is 7.48. The lowest BCUT2D eigenvalue weighted by Crippen LogP contribution is -2.39. The smallest absolute Gasteiger partial charge is 0.407 e. The van der Waals surface area contributed by atoms with Crippen molar-refractivity contribution in [3.63, 3.8) is 0 Å². The molecule has 0 aromatic rings. The van der Waals surface area contributed by atoms with Crippen LogP contribution in [0.3, 0.4) is 0 Å². The standard InChI is InChI=1S/C9H17N2O2/c1-2-13-9(12)11-8-5-3-7(10)4-6-8/h7-8,10H,2-6H2,1H3,(H,11,12). The van der Waals surface area contributed by atoms with E-state index in [1.165, 1.54) is 0 Å². The van der Waals surface area contributed by atoms with Crippen LogP contribution in [0.4, 0.5) is 4.79 Å². The van der Waals surface area contributed by atoms with E-state index in [0.717, 1.165) is 25.7 Å². The molecule has 0 aromatic carbocycles. The second kappa shape index (κ2) is 5.07. The number of rotatable bonds is 2. The van der Waals surface area contributed by atoms with Gasteiger partial charge in [0.05, 0.1) is 6.61 Å². The van der Waals surface area contributed by atoms with Crippen molar-refractivity contribution in [2.75, 3.05) is 6.61 Å². The molecular weight excluding hydrogens is 168 g/mol. The maximum absolute atomic E-state index is 11.0. The summed E-state index contributed by atoms with van der Waals surface area (Å²) < 4.78 is 4.77. The van der Waals surface area contributed by atoms with Gasteiger partial charge in [-0.25, -0.2) is 4.79 Å². The van der Waals surface area contributed by atoms with Gasteiger partial charge >= 0.3 is 6.09 Å². The molecular formula is C9H17N2O2. The first-order valence-corrected chi connectivity index (χ1v) is 4.86. The number of carbonyl (C=O) groups excluding carboxylic acids is 1. The van der Waals surface area contributed by atoms with Gasteiger partial charge in [-0.2, -0.15) is 0 Å². The van der Waals surface area contributed by atoms with Crippen LogP contribution in [0.1, 0.15) is 32.6 Å². The highest BCUT2D eigenvalue weighted by molar-refractivity contribution is 5.67. The number of ether oxygens (including phenoxy) is 1. The van der Waals surface area contributed by atoms with E-state index in [4.69, 9.17) is 10.5 Å². The van der Waals surface area contributed by atoms with Crippen molar-refractivity contribution < 1.29 is 9.53 Å². The summed E-state index contributed by atoms with van der Waals surface area (Å²) >= 11 is 0. The van der Waals surface area contributed by atoms with E-state index in [1.807, 2.05) is 0 Å². The van der Waals surface area contributed by atoms with Crippen LogP contribution in [0.15, 0.2) is 0 Å². The van der Waals surface area contributed by atoms with Crippen molar-refractivity contribution in [2.24, 2.45) is 0 Å². The molecule has 0 spiro atoms. The van der Waals surface area contributed by atoms with Gasteiger partial charge < -0.3 is 10.1 Å². The maximum atomic E-state index is 11.0. The zero-order chi connectivity index (χ0) is 9.68. The molecule has 1 fully saturated rings.